The minimum Gasteiger partial charge on any atom is -0.497 e. The maximum absolute atomic E-state index is 9.45. The molecule has 21 heavy (non-hydrogen) atoms. The van der Waals surface area contributed by atoms with E-state index in [0.29, 0.717) is 5.92 Å². The zero-order valence-electron chi connectivity index (χ0n) is 13.3. The van der Waals surface area contributed by atoms with Gasteiger partial charge in [-0.25, -0.2) is 0 Å². The highest BCUT2D eigenvalue weighted by atomic mass is 16.5. The number of rotatable bonds is 6. The summed E-state index contributed by atoms with van der Waals surface area (Å²) in [5, 5.41) is 15.3. The molecule has 0 heterocycles. The summed E-state index contributed by atoms with van der Waals surface area (Å²) >= 11 is 0. The molecule has 3 heteroatoms. The molecule has 0 saturated carbocycles. The van der Waals surface area contributed by atoms with Crippen LogP contribution < -0.4 is 10.1 Å². The van der Waals surface area contributed by atoms with Gasteiger partial charge in [0.25, 0.3) is 0 Å². The van der Waals surface area contributed by atoms with Crippen molar-refractivity contribution in [1.82, 2.24) is 5.32 Å². The molecule has 0 aliphatic heterocycles. The van der Waals surface area contributed by atoms with E-state index in [2.05, 4.69) is 50.4 Å². The fourth-order valence-corrected chi connectivity index (χ4v) is 2.51. The van der Waals surface area contributed by atoms with Crippen LogP contribution in [0.25, 0.3) is 10.8 Å². The summed E-state index contributed by atoms with van der Waals surface area (Å²) in [5.74, 6) is 1.28. The molecule has 0 aliphatic carbocycles. The number of methoxy groups -OCH3 is 1. The zero-order chi connectivity index (χ0) is 15.4. The van der Waals surface area contributed by atoms with E-state index in [9.17, 15) is 5.11 Å². The fourth-order valence-electron chi connectivity index (χ4n) is 2.51. The number of nitrogens with one attached hydrogen (secondary N) is 1. The van der Waals surface area contributed by atoms with Crippen molar-refractivity contribution in [1.29, 1.82) is 0 Å². The van der Waals surface area contributed by atoms with Crippen LogP contribution in [0.1, 0.15) is 32.4 Å². The van der Waals surface area contributed by atoms with Crippen molar-refractivity contribution in [2.24, 2.45) is 5.92 Å². The molecule has 3 nitrogen and oxygen atoms in total. The van der Waals surface area contributed by atoms with Crippen LogP contribution in [0.5, 0.6) is 5.75 Å². The second kappa shape index (κ2) is 6.92. The van der Waals surface area contributed by atoms with Gasteiger partial charge in [0.2, 0.25) is 0 Å². The summed E-state index contributed by atoms with van der Waals surface area (Å²) in [6, 6.07) is 12.9. The first-order valence-electron chi connectivity index (χ1n) is 7.49. The van der Waals surface area contributed by atoms with Crippen molar-refractivity contribution < 1.29 is 9.84 Å². The van der Waals surface area contributed by atoms with E-state index in [4.69, 9.17) is 4.74 Å². The minimum absolute atomic E-state index is 0.117. The third-order valence-corrected chi connectivity index (χ3v) is 4.04. The van der Waals surface area contributed by atoms with Gasteiger partial charge in [0.15, 0.2) is 0 Å². The number of aliphatic hydroxyl groups is 1. The predicted octanol–water partition coefficient (Wildman–Crippen LogP) is 3.52. The summed E-state index contributed by atoms with van der Waals surface area (Å²) in [5.41, 5.74) is 1.23. The smallest absolute Gasteiger partial charge is 0.119 e. The van der Waals surface area contributed by atoms with Gasteiger partial charge in [-0.3, -0.25) is 0 Å². The molecule has 2 rings (SSSR count). The fraction of sp³-hybridized carbons (Fsp3) is 0.444. The zero-order valence-corrected chi connectivity index (χ0v) is 13.3. The lowest BCUT2D eigenvalue weighted by Crippen LogP contribution is -2.38. The third kappa shape index (κ3) is 3.74. The van der Waals surface area contributed by atoms with Crippen LogP contribution in [0.15, 0.2) is 36.4 Å². The molecular formula is C18H25NO2. The molecule has 0 aliphatic rings. The van der Waals surface area contributed by atoms with Crippen molar-refractivity contribution in [3.05, 3.63) is 42.0 Å². The van der Waals surface area contributed by atoms with Crippen molar-refractivity contribution >= 4 is 10.8 Å². The average Bonchev–Trinajstić information content (AvgIpc) is 2.50. The van der Waals surface area contributed by atoms with Crippen molar-refractivity contribution in [2.75, 3.05) is 13.7 Å². The Bertz CT molecular complexity index is 595. The summed E-state index contributed by atoms with van der Waals surface area (Å²) in [4.78, 5) is 0. The van der Waals surface area contributed by atoms with Gasteiger partial charge in [0, 0.05) is 12.1 Å². The number of aliphatic hydroxyl groups excluding tert-OH is 1. The Kier molecular flexibility index (Phi) is 5.21. The van der Waals surface area contributed by atoms with E-state index >= 15 is 0 Å². The standard InChI is InChI=1S/C18H25NO2/c1-12(2)18(11-20)19-13(3)14-5-6-16-10-17(21-4)8-7-15(16)9-14/h5-10,12-13,18-20H,11H2,1-4H3. The summed E-state index contributed by atoms with van der Waals surface area (Å²) in [6.45, 7) is 6.53. The van der Waals surface area contributed by atoms with Crippen molar-refractivity contribution in [3.8, 4) is 5.75 Å². The molecule has 0 spiro atoms. The minimum atomic E-state index is 0.117. The van der Waals surface area contributed by atoms with Crippen LogP contribution in [0.2, 0.25) is 0 Å². The maximum Gasteiger partial charge on any atom is 0.119 e. The van der Waals surface area contributed by atoms with Gasteiger partial charge in [0.1, 0.15) is 5.75 Å². The van der Waals surface area contributed by atoms with Gasteiger partial charge in [-0.1, -0.05) is 32.0 Å². The van der Waals surface area contributed by atoms with Crippen LogP contribution >= 0.6 is 0 Å². The summed E-state index contributed by atoms with van der Waals surface area (Å²) < 4.78 is 5.25. The quantitative estimate of drug-likeness (QED) is 0.854. The highest BCUT2D eigenvalue weighted by Gasteiger charge is 2.16. The second-order valence-corrected chi connectivity index (χ2v) is 5.89. The Morgan fingerprint density at radius 3 is 2.33 bits per heavy atom. The number of benzene rings is 2. The number of ether oxygens (including phenoxy) is 1. The highest BCUT2D eigenvalue weighted by molar-refractivity contribution is 5.84. The van der Waals surface area contributed by atoms with Gasteiger partial charge < -0.3 is 15.2 Å². The molecule has 0 aromatic heterocycles. The van der Waals surface area contributed by atoms with Crippen molar-refractivity contribution in [2.45, 2.75) is 32.9 Å². The van der Waals surface area contributed by atoms with E-state index < -0.39 is 0 Å². The molecule has 2 atom stereocenters. The topological polar surface area (TPSA) is 41.5 Å². The van der Waals surface area contributed by atoms with Gasteiger partial charge in [0.05, 0.1) is 13.7 Å². The maximum atomic E-state index is 9.45. The van der Waals surface area contributed by atoms with Gasteiger partial charge in [-0.05, 0) is 47.4 Å². The first kappa shape index (κ1) is 15.8. The first-order chi connectivity index (χ1) is 10.0. The Morgan fingerprint density at radius 2 is 1.71 bits per heavy atom. The van der Waals surface area contributed by atoms with Crippen molar-refractivity contribution in [3.63, 3.8) is 0 Å². The van der Waals surface area contributed by atoms with Crippen LogP contribution in [0.4, 0.5) is 0 Å². The Hall–Kier alpha value is -1.58. The average molecular weight is 287 g/mol. The molecule has 0 saturated heterocycles. The summed E-state index contributed by atoms with van der Waals surface area (Å²) in [6.07, 6.45) is 0. The SMILES string of the molecule is COc1ccc2cc(C(C)NC(CO)C(C)C)ccc2c1. The lowest BCUT2D eigenvalue weighted by molar-refractivity contribution is 0.201. The van der Waals surface area contributed by atoms with E-state index in [1.807, 2.05) is 12.1 Å². The summed E-state index contributed by atoms with van der Waals surface area (Å²) in [7, 11) is 1.68. The van der Waals surface area contributed by atoms with E-state index in [1.54, 1.807) is 7.11 Å². The monoisotopic (exact) mass is 287 g/mol. The molecule has 2 aromatic carbocycles. The van der Waals surface area contributed by atoms with Crippen LogP contribution in [0, 0.1) is 5.92 Å². The van der Waals surface area contributed by atoms with Gasteiger partial charge in [-0.15, -0.1) is 0 Å². The number of hydrogen-bond acceptors (Lipinski definition) is 3. The molecule has 0 radical (unpaired) electrons. The van der Waals surface area contributed by atoms with E-state index in [0.717, 1.165) is 5.75 Å². The number of hydrogen-bond donors (Lipinski definition) is 2. The van der Waals surface area contributed by atoms with Crippen LogP contribution in [-0.4, -0.2) is 24.9 Å². The van der Waals surface area contributed by atoms with Gasteiger partial charge >= 0.3 is 0 Å². The second-order valence-electron chi connectivity index (χ2n) is 5.89. The normalized spacial score (nSPS) is 14.4. The predicted molar refractivity (Wildman–Crippen MR) is 87.8 cm³/mol. The highest BCUT2D eigenvalue weighted by Crippen LogP contribution is 2.24. The molecule has 0 bridgehead atoms. The molecule has 0 amide bonds. The largest absolute Gasteiger partial charge is 0.497 e. The first-order valence-corrected chi connectivity index (χ1v) is 7.49. The van der Waals surface area contributed by atoms with Gasteiger partial charge in [-0.2, -0.15) is 0 Å². The third-order valence-electron chi connectivity index (χ3n) is 4.04. The molecule has 2 unspecified atom stereocenters. The van der Waals surface area contributed by atoms with Crippen LogP contribution in [-0.2, 0) is 0 Å². The lowest BCUT2D eigenvalue weighted by Gasteiger charge is -2.25. The Morgan fingerprint density at radius 1 is 1.05 bits per heavy atom. The van der Waals surface area contributed by atoms with E-state index in [-0.39, 0.29) is 18.7 Å². The van der Waals surface area contributed by atoms with E-state index in [1.165, 1.54) is 16.3 Å². The molecule has 0 fully saturated rings. The lowest BCUT2D eigenvalue weighted by atomic mass is 9.99. The molecular weight excluding hydrogens is 262 g/mol. The Labute approximate surface area is 126 Å². The molecule has 2 N–H and O–H groups in total. The number of fused-ring (bicyclic) bond motifs is 1. The molecule has 2 aromatic rings. The Balaban J connectivity index is 2.22. The molecule has 114 valence electrons. The van der Waals surface area contributed by atoms with Crippen LogP contribution in [0.3, 0.4) is 0 Å².